The molecule has 3 rings (SSSR count). The van der Waals surface area contributed by atoms with Crippen LogP contribution in [-0.4, -0.2) is 31.9 Å². The second-order valence-electron chi connectivity index (χ2n) is 8.74. The van der Waals surface area contributed by atoms with E-state index in [0.29, 0.717) is 29.7 Å². The predicted molar refractivity (Wildman–Crippen MR) is 119 cm³/mol. The fourth-order valence-corrected chi connectivity index (χ4v) is 3.88. The normalized spacial score (nSPS) is 16.9. The molecule has 0 unspecified atom stereocenters. The van der Waals surface area contributed by atoms with Crippen molar-refractivity contribution in [1.29, 1.82) is 0 Å². The number of carbonyl (C=O) groups is 1. The average Bonchev–Trinajstić information content (AvgIpc) is 2.72. The minimum atomic E-state index is -1.31. The maximum atomic E-state index is 14.2. The van der Waals surface area contributed by atoms with Crippen LogP contribution in [0.15, 0.2) is 36.1 Å². The van der Waals surface area contributed by atoms with E-state index >= 15 is 0 Å². The van der Waals surface area contributed by atoms with E-state index in [2.05, 4.69) is 0 Å². The number of aryl methyl sites for hydroxylation is 1. The number of nitro groups is 2. The van der Waals surface area contributed by atoms with Gasteiger partial charge in [-0.3, -0.25) is 25.0 Å². The van der Waals surface area contributed by atoms with Crippen LogP contribution in [0.2, 0.25) is 0 Å². The number of ketones is 1. The minimum Gasteiger partial charge on any atom is -0.508 e. The van der Waals surface area contributed by atoms with Crippen LogP contribution in [0.5, 0.6) is 11.5 Å². The summed E-state index contributed by atoms with van der Waals surface area (Å²) in [5.41, 5.74) is -3.25. The molecule has 0 spiro atoms. The van der Waals surface area contributed by atoms with Gasteiger partial charge in [-0.2, -0.15) is 4.39 Å². The molecule has 1 N–H and O–H groups in total. The van der Waals surface area contributed by atoms with Gasteiger partial charge >= 0.3 is 11.4 Å². The Morgan fingerprint density at radius 3 is 2.21 bits per heavy atom. The molecular formula is C23H23FN2O8. The van der Waals surface area contributed by atoms with Crippen molar-refractivity contribution in [3.63, 3.8) is 0 Å². The van der Waals surface area contributed by atoms with E-state index in [1.54, 1.807) is 33.8 Å². The van der Waals surface area contributed by atoms with Crippen LogP contribution in [0, 0.1) is 26.0 Å². The van der Waals surface area contributed by atoms with Crippen LogP contribution in [0.25, 0.3) is 5.57 Å². The zero-order valence-corrected chi connectivity index (χ0v) is 19.2. The van der Waals surface area contributed by atoms with Crippen LogP contribution in [0.4, 0.5) is 15.8 Å². The van der Waals surface area contributed by atoms with Crippen molar-refractivity contribution in [3.05, 3.63) is 73.3 Å². The summed E-state index contributed by atoms with van der Waals surface area (Å²) in [6.07, 6.45) is 0.480. The Morgan fingerprint density at radius 2 is 1.65 bits per heavy atom. The number of rotatable bonds is 6. The predicted octanol–water partition coefficient (Wildman–Crippen LogP) is 5.42. The first-order valence-corrected chi connectivity index (χ1v) is 10.3. The Hall–Kier alpha value is -3.86. The lowest BCUT2D eigenvalue weighted by Crippen LogP contribution is -2.49. The number of ether oxygens (including phenoxy) is 2. The molecule has 0 aliphatic carbocycles. The summed E-state index contributed by atoms with van der Waals surface area (Å²) in [4.78, 5) is 33.6. The molecule has 1 heterocycles. The highest BCUT2D eigenvalue weighted by Crippen LogP contribution is 2.43. The van der Waals surface area contributed by atoms with E-state index in [4.69, 9.17) is 9.47 Å². The molecule has 0 saturated carbocycles. The zero-order chi connectivity index (χ0) is 25.6. The first-order chi connectivity index (χ1) is 15.7. The summed E-state index contributed by atoms with van der Waals surface area (Å²) in [6, 6.07) is 5.52. The molecule has 0 amide bonds. The summed E-state index contributed by atoms with van der Waals surface area (Å²) in [5.74, 6) is -2.61. The summed E-state index contributed by atoms with van der Waals surface area (Å²) in [6.45, 7) is 8.24. The molecule has 0 fully saturated rings. The third-order valence-electron chi connectivity index (χ3n) is 5.47. The average molecular weight is 474 g/mol. The lowest BCUT2D eigenvalue weighted by atomic mass is 9.81. The van der Waals surface area contributed by atoms with Gasteiger partial charge in [0.25, 0.3) is 0 Å². The number of nitro benzene ring substituents is 2. The third kappa shape index (κ3) is 4.34. The second-order valence-corrected chi connectivity index (χ2v) is 8.74. The highest BCUT2D eigenvalue weighted by molar-refractivity contribution is 6.26. The molecular weight excluding hydrogens is 451 g/mol. The Morgan fingerprint density at radius 1 is 1.03 bits per heavy atom. The van der Waals surface area contributed by atoms with Gasteiger partial charge in [-0.15, -0.1) is 0 Å². The number of benzene rings is 2. The first kappa shape index (κ1) is 24.8. The number of aliphatic hydroxyl groups is 1. The standard InChI is InChI=1S/C23H23FN2O8/c1-6-12-7-8-13(33-18-10-15(24)16(25(29)30)11-17(18)26(31)32)9-14(12)19-20(27)22(2,3)34-23(4,5)21(19)28/h7-11,27H,6H2,1-5H3. The first-order valence-electron chi connectivity index (χ1n) is 10.3. The van der Waals surface area contributed by atoms with Crippen molar-refractivity contribution in [2.45, 2.75) is 52.2 Å². The Balaban J connectivity index is 2.17. The smallest absolute Gasteiger partial charge is 0.318 e. The van der Waals surface area contributed by atoms with Crippen LogP contribution in [0.3, 0.4) is 0 Å². The lowest BCUT2D eigenvalue weighted by Gasteiger charge is -2.40. The van der Waals surface area contributed by atoms with Gasteiger partial charge < -0.3 is 14.6 Å². The summed E-state index contributed by atoms with van der Waals surface area (Å²) in [7, 11) is 0. The van der Waals surface area contributed by atoms with Crippen molar-refractivity contribution in [2.75, 3.05) is 0 Å². The maximum Gasteiger partial charge on any atom is 0.318 e. The number of halogens is 1. The van der Waals surface area contributed by atoms with Crippen LogP contribution < -0.4 is 4.74 Å². The summed E-state index contributed by atoms with van der Waals surface area (Å²) >= 11 is 0. The number of Topliss-reactive ketones (excluding diaryl/α,β-unsaturated/α-hetero) is 1. The monoisotopic (exact) mass is 474 g/mol. The van der Waals surface area contributed by atoms with Gasteiger partial charge in [0.05, 0.1) is 15.4 Å². The molecule has 0 bridgehead atoms. The number of aliphatic hydroxyl groups excluding tert-OH is 1. The van der Waals surface area contributed by atoms with Crippen LogP contribution in [-0.2, 0) is 16.0 Å². The lowest BCUT2D eigenvalue weighted by molar-refractivity contribution is -0.396. The molecule has 2 aromatic rings. The molecule has 0 saturated heterocycles. The highest BCUT2D eigenvalue weighted by Gasteiger charge is 2.47. The van der Waals surface area contributed by atoms with E-state index in [0.717, 1.165) is 0 Å². The van der Waals surface area contributed by atoms with Crippen LogP contribution >= 0.6 is 0 Å². The van der Waals surface area contributed by atoms with Crippen LogP contribution in [0.1, 0.15) is 45.7 Å². The van der Waals surface area contributed by atoms with E-state index < -0.39 is 49.8 Å². The molecule has 10 nitrogen and oxygen atoms in total. The van der Waals surface area contributed by atoms with Gasteiger partial charge in [-0.1, -0.05) is 13.0 Å². The molecule has 2 aromatic carbocycles. The zero-order valence-electron chi connectivity index (χ0n) is 19.2. The Kier molecular flexibility index (Phi) is 6.19. The number of hydrogen-bond donors (Lipinski definition) is 1. The van der Waals surface area contributed by atoms with E-state index in [1.165, 1.54) is 12.1 Å². The minimum absolute atomic E-state index is 0.00115. The third-order valence-corrected chi connectivity index (χ3v) is 5.47. The van der Waals surface area contributed by atoms with Crippen molar-refractivity contribution in [3.8, 4) is 11.5 Å². The van der Waals surface area contributed by atoms with Gasteiger partial charge in [0.15, 0.2) is 5.78 Å². The molecule has 0 atom stereocenters. The van der Waals surface area contributed by atoms with Crippen molar-refractivity contribution in [1.82, 2.24) is 0 Å². The molecule has 1 aliphatic rings. The maximum absolute atomic E-state index is 14.2. The van der Waals surface area contributed by atoms with Gasteiger partial charge in [0.2, 0.25) is 11.6 Å². The molecule has 1 aliphatic heterocycles. The van der Waals surface area contributed by atoms with E-state index in [9.17, 15) is 34.5 Å². The largest absolute Gasteiger partial charge is 0.508 e. The van der Waals surface area contributed by atoms with Gasteiger partial charge in [0, 0.05) is 6.07 Å². The molecule has 0 aromatic heterocycles. The highest BCUT2D eigenvalue weighted by atomic mass is 19.1. The fraction of sp³-hybridized carbons (Fsp3) is 0.348. The van der Waals surface area contributed by atoms with E-state index in [1.807, 2.05) is 6.92 Å². The SMILES string of the molecule is CCc1ccc(Oc2cc(F)c([N+](=O)[O-])cc2[N+](=O)[O-])cc1C1=C(O)C(C)(C)OC(C)(C)C1=O. The van der Waals surface area contributed by atoms with Gasteiger partial charge in [0.1, 0.15) is 28.8 Å². The van der Waals surface area contributed by atoms with E-state index in [-0.39, 0.29) is 17.1 Å². The van der Waals surface area contributed by atoms with Gasteiger partial charge in [-0.25, -0.2) is 0 Å². The topological polar surface area (TPSA) is 142 Å². The molecule has 34 heavy (non-hydrogen) atoms. The summed E-state index contributed by atoms with van der Waals surface area (Å²) in [5, 5.41) is 33.3. The molecule has 11 heteroatoms. The number of carbonyl (C=O) groups excluding carboxylic acids is 1. The Bertz CT molecular complexity index is 1250. The van der Waals surface area contributed by atoms with Gasteiger partial charge in [-0.05, 0) is 57.4 Å². The molecule has 0 radical (unpaired) electrons. The fourth-order valence-electron chi connectivity index (χ4n) is 3.88. The quantitative estimate of drug-likeness (QED) is 0.432. The summed E-state index contributed by atoms with van der Waals surface area (Å²) < 4.78 is 25.5. The molecule has 180 valence electrons. The Labute approximate surface area is 193 Å². The van der Waals surface area contributed by atoms with Crippen molar-refractivity contribution >= 4 is 22.7 Å². The second kappa shape index (κ2) is 8.49. The van der Waals surface area contributed by atoms with Crippen molar-refractivity contribution in [2.24, 2.45) is 0 Å². The number of nitrogens with zero attached hydrogens (tertiary/aromatic N) is 2. The number of hydrogen-bond acceptors (Lipinski definition) is 8. The van der Waals surface area contributed by atoms with Crippen molar-refractivity contribution < 1.29 is 33.6 Å².